The van der Waals surface area contributed by atoms with E-state index in [1.165, 1.54) is 0 Å². The summed E-state index contributed by atoms with van der Waals surface area (Å²) < 4.78 is 0. The number of nitrogens with two attached hydrogens (primary N) is 1. The van der Waals surface area contributed by atoms with Crippen LogP contribution in [0.4, 0.5) is 0 Å². The number of hydrogen-bond donors (Lipinski definition) is 3. The van der Waals surface area contributed by atoms with E-state index in [0.29, 0.717) is 13.0 Å². The van der Waals surface area contributed by atoms with Crippen molar-refractivity contribution in [2.24, 2.45) is 5.73 Å². The number of amides is 1. The molecule has 1 unspecified atom stereocenters. The van der Waals surface area contributed by atoms with E-state index >= 15 is 0 Å². The predicted octanol–water partition coefficient (Wildman–Crippen LogP) is 1.82. The van der Waals surface area contributed by atoms with E-state index in [-0.39, 0.29) is 5.91 Å². The average Bonchev–Trinajstić information content (AvgIpc) is 2.95. The van der Waals surface area contributed by atoms with Crippen LogP contribution < -0.4 is 11.1 Å². The lowest BCUT2D eigenvalue weighted by Gasteiger charge is -2.09. The summed E-state index contributed by atoms with van der Waals surface area (Å²) >= 11 is 0. The molecule has 0 saturated carbocycles. The molecule has 2 aromatic rings. The quantitative estimate of drug-likeness (QED) is 0.750. The molecule has 0 saturated heterocycles. The van der Waals surface area contributed by atoms with Crippen LogP contribution in [0.2, 0.25) is 0 Å². The second kappa shape index (κ2) is 6.86. The Morgan fingerprint density at radius 1 is 1.40 bits per heavy atom. The molecule has 5 nitrogen and oxygen atoms in total. The van der Waals surface area contributed by atoms with Crippen molar-refractivity contribution in [3.8, 4) is 11.3 Å². The molecule has 0 bridgehead atoms. The molecule has 106 valence electrons. The SMILES string of the molecule is CCCC(N)C(=O)NCc1ncc(-c2ccccc2)[nH]1. The molecule has 0 radical (unpaired) electrons. The third-order valence-electron chi connectivity index (χ3n) is 3.08. The van der Waals surface area contributed by atoms with Gasteiger partial charge in [-0.05, 0) is 12.0 Å². The Balaban J connectivity index is 1.92. The maximum Gasteiger partial charge on any atom is 0.237 e. The molecular weight excluding hydrogens is 252 g/mol. The zero-order chi connectivity index (χ0) is 14.4. The smallest absolute Gasteiger partial charge is 0.237 e. The van der Waals surface area contributed by atoms with Crippen LogP contribution in [0.25, 0.3) is 11.3 Å². The van der Waals surface area contributed by atoms with E-state index in [1.54, 1.807) is 6.20 Å². The summed E-state index contributed by atoms with van der Waals surface area (Å²) in [5, 5.41) is 2.79. The van der Waals surface area contributed by atoms with Gasteiger partial charge in [0.2, 0.25) is 5.91 Å². The van der Waals surface area contributed by atoms with Crippen molar-refractivity contribution < 1.29 is 4.79 Å². The average molecular weight is 272 g/mol. The summed E-state index contributed by atoms with van der Waals surface area (Å²) in [6.45, 7) is 2.37. The maximum absolute atomic E-state index is 11.7. The van der Waals surface area contributed by atoms with Crippen LogP contribution in [-0.2, 0) is 11.3 Å². The normalized spacial score (nSPS) is 12.1. The molecule has 20 heavy (non-hydrogen) atoms. The van der Waals surface area contributed by atoms with E-state index in [0.717, 1.165) is 23.5 Å². The van der Waals surface area contributed by atoms with Crippen molar-refractivity contribution in [1.82, 2.24) is 15.3 Å². The van der Waals surface area contributed by atoms with Gasteiger partial charge in [0.15, 0.2) is 0 Å². The van der Waals surface area contributed by atoms with Gasteiger partial charge in [-0.1, -0.05) is 43.7 Å². The lowest BCUT2D eigenvalue weighted by molar-refractivity contribution is -0.122. The Kier molecular flexibility index (Phi) is 4.90. The summed E-state index contributed by atoms with van der Waals surface area (Å²) in [5.74, 6) is 0.588. The lowest BCUT2D eigenvalue weighted by atomic mass is 10.2. The van der Waals surface area contributed by atoms with Gasteiger partial charge >= 0.3 is 0 Å². The molecule has 1 amide bonds. The highest BCUT2D eigenvalue weighted by Gasteiger charge is 2.12. The number of benzene rings is 1. The first-order chi connectivity index (χ1) is 9.70. The molecule has 0 aliphatic heterocycles. The summed E-state index contributed by atoms with van der Waals surface area (Å²) in [6, 6.07) is 9.49. The largest absolute Gasteiger partial charge is 0.348 e. The second-order valence-electron chi connectivity index (χ2n) is 4.72. The fraction of sp³-hybridized carbons (Fsp3) is 0.333. The van der Waals surface area contributed by atoms with Crippen molar-refractivity contribution in [3.63, 3.8) is 0 Å². The minimum absolute atomic E-state index is 0.135. The second-order valence-corrected chi connectivity index (χ2v) is 4.72. The first-order valence-electron chi connectivity index (χ1n) is 6.83. The summed E-state index contributed by atoms with van der Waals surface area (Å²) in [4.78, 5) is 19.2. The van der Waals surface area contributed by atoms with Gasteiger partial charge in [-0.25, -0.2) is 4.98 Å². The van der Waals surface area contributed by atoms with Crippen LogP contribution in [0.3, 0.4) is 0 Å². The number of H-pyrrole nitrogens is 1. The Labute approximate surface area is 118 Å². The molecule has 1 aromatic heterocycles. The minimum atomic E-state index is -0.441. The fourth-order valence-electron chi connectivity index (χ4n) is 1.96. The van der Waals surface area contributed by atoms with Crippen LogP contribution in [0.5, 0.6) is 0 Å². The van der Waals surface area contributed by atoms with Gasteiger partial charge in [-0.15, -0.1) is 0 Å². The minimum Gasteiger partial charge on any atom is -0.348 e. The summed E-state index contributed by atoms with van der Waals surface area (Å²) in [5.41, 5.74) is 7.75. The van der Waals surface area contributed by atoms with Gasteiger partial charge in [0.1, 0.15) is 5.82 Å². The Bertz CT molecular complexity index is 550. The number of rotatable bonds is 6. The molecule has 0 aliphatic carbocycles. The fourth-order valence-corrected chi connectivity index (χ4v) is 1.96. The van der Waals surface area contributed by atoms with Crippen LogP contribution in [0.15, 0.2) is 36.5 Å². The highest BCUT2D eigenvalue weighted by atomic mass is 16.2. The topological polar surface area (TPSA) is 83.8 Å². The number of hydrogen-bond acceptors (Lipinski definition) is 3. The maximum atomic E-state index is 11.7. The van der Waals surface area contributed by atoms with Crippen molar-refractivity contribution in [2.45, 2.75) is 32.4 Å². The lowest BCUT2D eigenvalue weighted by Crippen LogP contribution is -2.40. The van der Waals surface area contributed by atoms with Crippen LogP contribution in [-0.4, -0.2) is 21.9 Å². The molecule has 0 fully saturated rings. The molecule has 1 heterocycles. The highest BCUT2D eigenvalue weighted by molar-refractivity contribution is 5.81. The number of carbonyl (C=O) groups is 1. The highest BCUT2D eigenvalue weighted by Crippen LogP contribution is 2.15. The number of carbonyl (C=O) groups excluding carboxylic acids is 1. The first kappa shape index (κ1) is 14.3. The van der Waals surface area contributed by atoms with Gasteiger partial charge in [0.05, 0.1) is 24.5 Å². The van der Waals surface area contributed by atoms with Gasteiger partial charge in [0, 0.05) is 0 Å². The van der Waals surface area contributed by atoms with Gasteiger partial charge in [-0.2, -0.15) is 0 Å². The number of nitrogens with one attached hydrogen (secondary N) is 2. The van der Waals surface area contributed by atoms with Crippen LogP contribution in [0, 0.1) is 0 Å². The van der Waals surface area contributed by atoms with Crippen molar-refractivity contribution in [2.75, 3.05) is 0 Å². The third-order valence-corrected chi connectivity index (χ3v) is 3.08. The Morgan fingerprint density at radius 2 is 2.15 bits per heavy atom. The van der Waals surface area contributed by atoms with Crippen LogP contribution in [0.1, 0.15) is 25.6 Å². The van der Waals surface area contributed by atoms with Crippen molar-refractivity contribution in [3.05, 3.63) is 42.4 Å². The van der Waals surface area contributed by atoms with E-state index in [4.69, 9.17) is 5.73 Å². The van der Waals surface area contributed by atoms with E-state index < -0.39 is 6.04 Å². The number of nitrogens with zero attached hydrogens (tertiary/aromatic N) is 1. The van der Waals surface area contributed by atoms with Gasteiger partial charge in [0.25, 0.3) is 0 Å². The van der Waals surface area contributed by atoms with Crippen molar-refractivity contribution >= 4 is 5.91 Å². The summed E-state index contributed by atoms with van der Waals surface area (Å²) in [6.07, 6.45) is 3.36. The van der Waals surface area contributed by atoms with E-state index in [9.17, 15) is 4.79 Å². The standard InChI is InChI=1S/C15H20N4O/c1-2-6-12(16)15(20)18-10-14-17-9-13(19-14)11-7-4-3-5-8-11/h3-5,7-9,12H,2,6,10,16H2,1H3,(H,17,19)(H,18,20). The first-order valence-corrected chi connectivity index (χ1v) is 6.83. The molecule has 0 spiro atoms. The third kappa shape index (κ3) is 3.68. The van der Waals surface area contributed by atoms with E-state index in [2.05, 4.69) is 15.3 Å². The van der Waals surface area contributed by atoms with E-state index in [1.807, 2.05) is 37.3 Å². The summed E-state index contributed by atoms with van der Waals surface area (Å²) in [7, 11) is 0. The monoisotopic (exact) mass is 272 g/mol. The number of aromatic nitrogens is 2. The molecule has 1 aromatic carbocycles. The van der Waals surface area contributed by atoms with Gasteiger partial charge in [-0.3, -0.25) is 4.79 Å². The molecular formula is C15H20N4O. The molecule has 0 aliphatic rings. The number of imidazole rings is 1. The van der Waals surface area contributed by atoms with Gasteiger partial charge < -0.3 is 16.0 Å². The Morgan fingerprint density at radius 3 is 2.85 bits per heavy atom. The predicted molar refractivity (Wildman–Crippen MR) is 78.8 cm³/mol. The van der Waals surface area contributed by atoms with Crippen LogP contribution >= 0.6 is 0 Å². The molecule has 2 rings (SSSR count). The number of aromatic amines is 1. The zero-order valence-electron chi connectivity index (χ0n) is 11.6. The zero-order valence-corrected chi connectivity index (χ0v) is 11.6. The molecule has 1 atom stereocenters. The molecule has 5 heteroatoms. The van der Waals surface area contributed by atoms with Crippen molar-refractivity contribution in [1.29, 1.82) is 0 Å². The molecule has 4 N–H and O–H groups in total. The Hall–Kier alpha value is -2.14.